The third kappa shape index (κ3) is 8.35. The molecule has 0 saturated carbocycles. The molecule has 1 aromatic rings. The van der Waals surface area contributed by atoms with Crippen LogP contribution in [0.2, 0.25) is 0 Å². The van der Waals surface area contributed by atoms with Gasteiger partial charge < -0.3 is 15.4 Å². The van der Waals surface area contributed by atoms with Gasteiger partial charge in [-0.25, -0.2) is 0 Å². The fourth-order valence-corrected chi connectivity index (χ4v) is 1.94. The van der Waals surface area contributed by atoms with E-state index in [9.17, 15) is 4.79 Å². The number of hydrogen-bond donors (Lipinski definition) is 2. The molecule has 0 radical (unpaired) electrons. The zero-order valence-corrected chi connectivity index (χ0v) is 13.4. The highest BCUT2D eigenvalue weighted by atomic mass is 16.5. The summed E-state index contributed by atoms with van der Waals surface area (Å²) in [5.41, 5.74) is 1.15. The van der Waals surface area contributed by atoms with E-state index in [1.165, 1.54) is 12.8 Å². The van der Waals surface area contributed by atoms with Gasteiger partial charge in [0.05, 0.1) is 13.2 Å². The Balaban J connectivity index is 2.23. The molecule has 0 aliphatic rings. The molecule has 0 unspecified atom stereocenters. The summed E-state index contributed by atoms with van der Waals surface area (Å²) in [4.78, 5) is 11.5. The lowest BCUT2D eigenvalue weighted by Gasteiger charge is -2.10. The number of amides is 1. The highest BCUT2D eigenvalue weighted by molar-refractivity contribution is 5.78. The molecular weight excluding hydrogens is 264 g/mol. The van der Waals surface area contributed by atoms with Crippen molar-refractivity contribution in [3.05, 3.63) is 29.8 Å². The van der Waals surface area contributed by atoms with Crippen LogP contribution in [-0.2, 0) is 11.3 Å². The summed E-state index contributed by atoms with van der Waals surface area (Å²) in [6.07, 6.45) is 3.52. The number of carbonyl (C=O) groups excluding carboxylic acids is 1. The van der Waals surface area contributed by atoms with Crippen molar-refractivity contribution in [1.82, 2.24) is 10.6 Å². The molecule has 0 aliphatic carbocycles. The van der Waals surface area contributed by atoms with Gasteiger partial charge in [-0.2, -0.15) is 0 Å². The van der Waals surface area contributed by atoms with Crippen molar-refractivity contribution in [2.45, 2.75) is 52.6 Å². The van der Waals surface area contributed by atoms with Crippen molar-refractivity contribution in [3.8, 4) is 5.75 Å². The van der Waals surface area contributed by atoms with E-state index in [-0.39, 0.29) is 11.9 Å². The average molecular weight is 292 g/mol. The minimum atomic E-state index is 0.0286. The Labute approximate surface area is 128 Å². The van der Waals surface area contributed by atoms with Crippen LogP contribution in [0.4, 0.5) is 0 Å². The quantitative estimate of drug-likeness (QED) is 0.652. The third-order valence-electron chi connectivity index (χ3n) is 3.00. The molecule has 21 heavy (non-hydrogen) atoms. The molecule has 0 bridgehead atoms. The second kappa shape index (κ2) is 10.2. The third-order valence-corrected chi connectivity index (χ3v) is 3.00. The van der Waals surface area contributed by atoms with Crippen LogP contribution in [0.3, 0.4) is 0 Å². The SMILES string of the molecule is CCCCCOc1ccc(CNCC(=O)NC(C)C)cc1. The van der Waals surface area contributed by atoms with Gasteiger partial charge in [0.15, 0.2) is 0 Å². The van der Waals surface area contributed by atoms with Crippen LogP contribution in [0.25, 0.3) is 0 Å². The molecule has 1 aromatic carbocycles. The van der Waals surface area contributed by atoms with Gasteiger partial charge in [0.2, 0.25) is 5.91 Å². The summed E-state index contributed by atoms with van der Waals surface area (Å²) in [6, 6.07) is 8.21. The van der Waals surface area contributed by atoms with Crippen molar-refractivity contribution in [1.29, 1.82) is 0 Å². The summed E-state index contributed by atoms with van der Waals surface area (Å²) in [6.45, 7) is 7.90. The summed E-state index contributed by atoms with van der Waals surface area (Å²) in [5, 5.41) is 5.98. The Morgan fingerprint density at radius 2 is 1.90 bits per heavy atom. The summed E-state index contributed by atoms with van der Waals surface area (Å²) in [7, 11) is 0. The van der Waals surface area contributed by atoms with Crippen LogP contribution in [0, 0.1) is 0 Å². The lowest BCUT2D eigenvalue weighted by atomic mass is 10.2. The molecule has 0 aromatic heterocycles. The van der Waals surface area contributed by atoms with E-state index in [1.807, 2.05) is 38.1 Å². The minimum Gasteiger partial charge on any atom is -0.494 e. The highest BCUT2D eigenvalue weighted by Crippen LogP contribution is 2.12. The number of unbranched alkanes of at least 4 members (excludes halogenated alkanes) is 2. The topological polar surface area (TPSA) is 50.4 Å². The van der Waals surface area contributed by atoms with Crippen LogP contribution < -0.4 is 15.4 Å². The van der Waals surface area contributed by atoms with Crippen LogP contribution in [0.1, 0.15) is 45.6 Å². The van der Waals surface area contributed by atoms with Gasteiger partial charge in [-0.1, -0.05) is 31.9 Å². The first-order chi connectivity index (χ1) is 10.1. The largest absolute Gasteiger partial charge is 0.494 e. The summed E-state index contributed by atoms with van der Waals surface area (Å²) < 4.78 is 5.66. The minimum absolute atomic E-state index is 0.0286. The van der Waals surface area contributed by atoms with Gasteiger partial charge in [0, 0.05) is 12.6 Å². The fraction of sp³-hybridized carbons (Fsp3) is 0.588. The van der Waals surface area contributed by atoms with Crippen molar-refractivity contribution >= 4 is 5.91 Å². The first-order valence-corrected chi connectivity index (χ1v) is 7.83. The predicted molar refractivity (Wildman–Crippen MR) is 86.4 cm³/mol. The van der Waals surface area contributed by atoms with E-state index in [1.54, 1.807) is 0 Å². The number of carbonyl (C=O) groups is 1. The van der Waals surface area contributed by atoms with Crippen molar-refractivity contribution in [2.24, 2.45) is 0 Å². The average Bonchev–Trinajstić information content (AvgIpc) is 2.44. The van der Waals surface area contributed by atoms with Crippen LogP contribution in [0.15, 0.2) is 24.3 Å². The lowest BCUT2D eigenvalue weighted by Crippen LogP contribution is -2.37. The maximum absolute atomic E-state index is 11.5. The van der Waals surface area contributed by atoms with Crippen LogP contribution in [0.5, 0.6) is 5.75 Å². The lowest BCUT2D eigenvalue weighted by molar-refractivity contribution is -0.120. The van der Waals surface area contributed by atoms with E-state index in [4.69, 9.17) is 4.74 Å². The van der Waals surface area contributed by atoms with E-state index >= 15 is 0 Å². The van der Waals surface area contributed by atoms with Crippen LogP contribution in [-0.4, -0.2) is 25.1 Å². The molecule has 0 heterocycles. The molecule has 0 atom stereocenters. The predicted octanol–water partition coefficient (Wildman–Crippen LogP) is 2.87. The molecule has 2 N–H and O–H groups in total. The molecule has 0 aliphatic heterocycles. The molecule has 0 fully saturated rings. The van der Waals surface area contributed by atoms with Gasteiger partial charge in [-0.3, -0.25) is 4.79 Å². The first-order valence-electron chi connectivity index (χ1n) is 7.83. The second-order valence-corrected chi connectivity index (χ2v) is 5.53. The Hall–Kier alpha value is -1.55. The number of benzene rings is 1. The van der Waals surface area contributed by atoms with E-state index in [0.717, 1.165) is 24.3 Å². The normalized spacial score (nSPS) is 10.7. The summed E-state index contributed by atoms with van der Waals surface area (Å²) >= 11 is 0. The molecule has 4 heteroatoms. The van der Waals surface area contributed by atoms with E-state index in [0.29, 0.717) is 13.1 Å². The fourth-order valence-electron chi connectivity index (χ4n) is 1.94. The second-order valence-electron chi connectivity index (χ2n) is 5.53. The molecular formula is C17H28N2O2. The standard InChI is InChI=1S/C17H28N2O2/c1-4-5-6-11-21-16-9-7-15(8-10-16)12-18-13-17(20)19-14(2)3/h7-10,14,18H,4-6,11-13H2,1-3H3,(H,19,20). The molecule has 1 rings (SSSR count). The Morgan fingerprint density at radius 3 is 2.52 bits per heavy atom. The van der Waals surface area contributed by atoms with Gasteiger partial charge in [0.1, 0.15) is 5.75 Å². The molecule has 0 spiro atoms. The molecule has 1 amide bonds. The van der Waals surface area contributed by atoms with Gasteiger partial charge >= 0.3 is 0 Å². The molecule has 4 nitrogen and oxygen atoms in total. The highest BCUT2D eigenvalue weighted by Gasteiger charge is 2.02. The monoisotopic (exact) mass is 292 g/mol. The first kappa shape index (κ1) is 17.5. The molecule has 0 saturated heterocycles. The number of hydrogen-bond acceptors (Lipinski definition) is 3. The van der Waals surface area contributed by atoms with Crippen molar-refractivity contribution in [2.75, 3.05) is 13.2 Å². The van der Waals surface area contributed by atoms with Crippen molar-refractivity contribution in [3.63, 3.8) is 0 Å². The van der Waals surface area contributed by atoms with E-state index in [2.05, 4.69) is 17.6 Å². The zero-order chi connectivity index (χ0) is 15.5. The number of rotatable bonds is 10. The van der Waals surface area contributed by atoms with Gasteiger partial charge in [-0.05, 0) is 38.0 Å². The van der Waals surface area contributed by atoms with Gasteiger partial charge in [-0.15, -0.1) is 0 Å². The smallest absolute Gasteiger partial charge is 0.234 e. The van der Waals surface area contributed by atoms with Crippen molar-refractivity contribution < 1.29 is 9.53 Å². The Bertz CT molecular complexity index is 402. The molecule has 118 valence electrons. The summed E-state index contributed by atoms with van der Waals surface area (Å²) in [5.74, 6) is 0.938. The zero-order valence-electron chi connectivity index (χ0n) is 13.4. The number of nitrogens with one attached hydrogen (secondary N) is 2. The maximum atomic E-state index is 11.5. The Morgan fingerprint density at radius 1 is 1.19 bits per heavy atom. The van der Waals surface area contributed by atoms with Crippen LogP contribution >= 0.6 is 0 Å². The van der Waals surface area contributed by atoms with Gasteiger partial charge in [0.25, 0.3) is 0 Å². The maximum Gasteiger partial charge on any atom is 0.234 e. The van der Waals surface area contributed by atoms with E-state index < -0.39 is 0 Å². The Kier molecular flexibility index (Phi) is 8.51. The number of ether oxygens (including phenoxy) is 1.